The van der Waals surface area contributed by atoms with Crippen molar-refractivity contribution in [2.75, 3.05) is 52.1 Å². The van der Waals surface area contributed by atoms with Gasteiger partial charge in [0.15, 0.2) is 0 Å². The molecule has 0 saturated heterocycles. The molecule has 0 aliphatic heterocycles. The molecule has 31 heavy (non-hydrogen) atoms. The van der Waals surface area contributed by atoms with Crippen LogP contribution in [0.3, 0.4) is 0 Å². The Kier molecular flexibility index (Phi) is 5.88. The van der Waals surface area contributed by atoms with Gasteiger partial charge in [-0.2, -0.15) is 0 Å². The summed E-state index contributed by atoms with van der Waals surface area (Å²) in [5, 5.41) is 0. The van der Waals surface area contributed by atoms with Gasteiger partial charge in [0.25, 0.3) is 0 Å². The lowest BCUT2D eigenvalue weighted by Gasteiger charge is -2.36. The smallest absolute Gasteiger partial charge is 0.0608 e. The van der Waals surface area contributed by atoms with E-state index in [0.717, 1.165) is 6.42 Å². The van der Waals surface area contributed by atoms with E-state index in [1.165, 1.54) is 44.8 Å². The van der Waals surface area contributed by atoms with Crippen molar-refractivity contribution in [3.8, 4) is 0 Å². The SMILES string of the molecule is CN(C)c1ccc(C2=C(c3ccc(N(C)C)cc3)C(N(C)C)c3ccccc3C2)cc1. The molecule has 3 heteroatoms. The summed E-state index contributed by atoms with van der Waals surface area (Å²) >= 11 is 0. The maximum absolute atomic E-state index is 2.35. The summed E-state index contributed by atoms with van der Waals surface area (Å²) in [5.41, 5.74) is 10.7. The quantitative estimate of drug-likeness (QED) is 0.542. The summed E-state index contributed by atoms with van der Waals surface area (Å²) in [6.07, 6.45) is 0.951. The van der Waals surface area contributed by atoms with Crippen molar-refractivity contribution >= 4 is 22.5 Å². The Morgan fingerprint density at radius 3 is 1.65 bits per heavy atom. The molecule has 0 heterocycles. The van der Waals surface area contributed by atoms with Crippen LogP contribution in [0.5, 0.6) is 0 Å². The molecule has 1 unspecified atom stereocenters. The summed E-state index contributed by atoms with van der Waals surface area (Å²) in [7, 11) is 12.7. The summed E-state index contributed by atoms with van der Waals surface area (Å²) < 4.78 is 0. The number of nitrogens with zero attached hydrogens (tertiary/aromatic N) is 3. The number of fused-ring (bicyclic) bond motifs is 1. The molecule has 1 aliphatic rings. The van der Waals surface area contributed by atoms with Gasteiger partial charge in [-0.1, -0.05) is 48.5 Å². The molecule has 0 fully saturated rings. The summed E-state index contributed by atoms with van der Waals surface area (Å²) in [6, 6.07) is 27.1. The van der Waals surface area contributed by atoms with Crippen LogP contribution in [0.2, 0.25) is 0 Å². The van der Waals surface area contributed by atoms with Crippen molar-refractivity contribution < 1.29 is 0 Å². The van der Waals surface area contributed by atoms with Gasteiger partial charge in [-0.25, -0.2) is 0 Å². The first-order valence-corrected chi connectivity index (χ1v) is 10.9. The van der Waals surface area contributed by atoms with Gasteiger partial charge in [-0.05, 0) is 78.2 Å². The minimum Gasteiger partial charge on any atom is -0.378 e. The van der Waals surface area contributed by atoms with Crippen molar-refractivity contribution in [3.63, 3.8) is 0 Å². The highest BCUT2D eigenvalue weighted by atomic mass is 15.1. The first-order chi connectivity index (χ1) is 14.9. The van der Waals surface area contributed by atoms with Gasteiger partial charge < -0.3 is 9.80 Å². The predicted molar refractivity (Wildman–Crippen MR) is 135 cm³/mol. The third-order valence-electron chi connectivity index (χ3n) is 6.26. The fourth-order valence-corrected chi connectivity index (χ4v) is 4.59. The Morgan fingerprint density at radius 2 is 1.13 bits per heavy atom. The molecule has 0 bridgehead atoms. The molecule has 0 saturated carbocycles. The number of hydrogen-bond acceptors (Lipinski definition) is 3. The number of allylic oxidation sites excluding steroid dienone is 1. The summed E-state index contributed by atoms with van der Waals surface area (Å²) in [6.45, 7) is 0. The Morgan fingerprint density at radius 1 is 0.613 bits per heavy atom. The van der Waals surface area contributed by atoms with E-state index in [1.807, 2.05) is 0 Å². The van der Waals surface area contributed by atoms with Crippen LogP contribution < -0.4 is 9.80 Å². The lowest BCUT2D eigenvalue weighted by molar-refractivity contribution is 0.357. The minimum absolute atomic E-state index is 0.221. The molecule has 3 nitrogen and oxygen atoms in total. The van der Waals surface area contributed by atoms with Crippen molar-refractivity contribution in [2.24, 2.45) is 0 Å². The van der Waals surface area contributed by atoms with Crippen molar-refractivity contribution in [2.45, 2.75) is 12.5 Å². The van der Waals surface area contributed by atoms with Crippen LogP contribution in [-0.2, 0) is 6.42 Å². The van der Waals surface area contributed by atoms with Crippen LogP contribution in [0, 0.1) is 0 Å². The minimum atomic E-state index is 0.221. The number of benzene rings is 3. The first-order valence-electron chi connectivity index (χ1n) is 10.9. The van der Waals surface area contributed by atoms with Gasteiger partial charge in [0.05, 0.1) is 6.04 Å². The molecule has 3 aromatic carbocycles. The monoisotopic (exact) mass is 411 g/mol. The molecule has 160 valence electrons. The highest BCUT2D eigenvalue weighted by Crippen LogP contribution is 2.46. The van der Waals surface area contributed by atoms with Crippen molar-refractivity contribution in [1.82, 2.24) is 4.90 Å². The molecule has 0 N–H and O–H groups in total. The maximum atomic E-state index is 2.35. The zero-order valence-corrected chi connectivity index (χ0v) is 19.6. The number of hydrogen-bond donors (Lipinski definition) is 0. The van der Waals surface area contributed by atoms with E-state index in [0.29, 0.717) is 0 Å². The standard InChI is InChI=1S/C28H33N3/c1-29(2)23-15-11-20(12-16-23)26-19-22-9-7-8-10-25(22)28(31(5)6)27(26)21-13-17-24(18-14-21)30(3)4/h7-18,28H,19H2,1-6H3. The van der Waals surface area contributed by atoms with Gasteiger partial charge in [-0.15, -0.1) is 0 Å². The molecular weight excluding hydrogens is 378 g/mol. The highest BCUT2D eigenvalue weighted by molar-refractivity contribution is 5.96. The second-order valence-electron chi connectivity index (χ2n) is 9.02. The molecule has 1 atom stereocenters. The van der Waals surface area contributed by atoms with Gasteiger partial charge >= 0.3 is 0 Å². The maximum Gasteiger partial charge on any atom is 0.0608 e. The van der Waals surface area contributed by atoms with E-state index in [1.54, 1.807) is 0 Å². The fraction of sp³-hybridized carbons (Fsp3) is 0.286. The fourth-order valence-electron chi connectivity index (χ4n) is 4.59. The number of anilines is 2. The van der Waals surface area contributed by atoms with Gasteiger partial charge in [-0.3, -0.25) is 4.90 Å². The van der Waals surface area contributed by atoms with Crippen molar-refractivity contribution in [3.05, 3.63) is 95.1 Å². The molecule has 0 spiro atoms. The van der Waals surface area contributed by atoms with E-state index in [9.17, 15) is 0 Å². The van der Waals surface area contributed by atoms with Crippen molar-refractivity contribution in [1.29, 1.82) is 0 Å². The normalized spacial score (nSPS) is 15.8. The Labute approximate surface area is 187 Å². The third-order valence-corrected chi connectivity index (χ3v) is 6.26. The van der Waals surface area contributed by atoms with Crippen LogP contribution in [0.15, 0.2) is 72.8 Å². The van der Waals surface area contributed by atoms with E-state index in [-0.39, 0.29) is 6.04 Å². The average Bonchev–Trinajstić information content (AvgIpc) is 2.77. The number of rotatable bonds is 5. The highest BCUT2D eigenvalue weighted by Gasteiger charge is 2.30. The lowest BCUT2D eigenvalue weighted by Crippen LogP contribution is -2.26. The topological polar surface area (TPSA) is 9.72 Å². The first kappa shape index (κ1) is 21.2. The predicted octanol–water partition coefficient (Wildman–Crippen LogP) is 5.59. The summed E-state index contributed by atoms with van der Waals surface area (Å²) in [4.78, 5) is 6.65. The van der Waals surface area contributed by atoms with E-state index < -0.39 is 0 Å². The second kappa shape index (κ2) is 8.60. The van der Waals surface area contributed by atoms with E-state index in [4.69, 9.17) is 0 Å². The second-order valence-corrected chi connectivity index (χ2v) is 9.02. The van der Waals surface area contributed by atoms with Gasteiger partial charge in [0.1, 0.15) is 0 Å². The zero-order valence-electron chi connectivity index (χ0n) is 19.6. The molecule has 0 amide bonds. The molecule has 0 aromatic heterocycles. The Bertz CT molecular complexity index is 1070. The molecular formula is C28H33N3. The van der Waals surface area contributed by atoms with E-state index >= 15 is 0 Å². The van der Waals surface area contributed by atoms with Gasteiger partial charge in [0, 0.05) is 39.6 Å². The average molecular weight is 412 g/mol. The van der Waals surface area contributed by atoms with Crippen LogP contribution in [0.4, 0.5) is 11.4 Å². The lowest BCUT2D eigenvalue weighted by atomic mass is 9.76. The zero-order chi connectivity index (χ0) is 22.1. The Hall–Kier alpha value is -3.04. The third kappa shape index (κ3) is 4.11. The van der Waals surface area contributed by atoms with E-state index in [2.05, 4.69) is 130 Å². The molecule has 3 aromatic rings. The summed E-state index contributed by atoms with van der Waals surface area (Å²) in [5.74, 6) is 0. The van der Waals surface area contributed by atoms with Crippen LogP contribution >= 0.6 is 0 Å². The molecule has 1 aliphatic carbocycles. The Balaban J connectivity index is 1.92. The largest absolute Gasteiger partial charge is 0.378 e. The number of likely N-dealkylation sites (N-methyl/N-ethyl adjacent to an activating group) is 1. The molecule has 4 rings (SSSR count). The molecule has 0 radical (unpaired) electrons. The van der Waals surface area contributed by atoms with Crippen LogP contribution in [-0.4, -0.2) is 47.2 Å². The van der Waals surface area contributed by atoms with Gasteiger partial charge in [0.2, 0.25) is 0 Å². The van der Waals surface area contributed by atoms with Crippen LogP contribution in [0.25, 0.3) is 11.1 Å². The van der Waals surface area contributed by atoms with Crippen LogP contribution in [0.1, 0.15) is 28.3 Å².